The molecule has 0 amide bonds. The van der Waals surface area contributed by atoms with Crippen molar-refractivity contribution >= 4 is 5.96 Å². The molecule has 5 nitrogen and oxygen atoms in total. The molecule has 146 valence electrons. The second kappa shape index (κ2) is 10.5. The maximum Gasteiger partial charge on any atom is 0.191 e. The number of aliphatic imine (C=N–C) groups is 1. The van der Waals surface area contributed by atoms with Crippen LogP contribution in [0.25, 0.3) is 0 Å². The summed E-state index contributed by atoms with van der Waals surface area (Å²) < 4.78 is 0. The minimum atomic E-state index is 0.533. The highest BCUT2D eigenvalue weighted by atomic mass is 15.3. The molecule has 0 spiro atoms. The molecular weight excluding hydrogens is 322 g/mol. The van der Waals surface area contributed by atoms with Crippen molar-refractivity contribution in [3.63, 3.8) is 0 Å². The third kappa shape index (κ3) is 5.99. The topological polar surface area (TPSA) is 42.9 Å². The molecule has 2 N–H and O–H groups in total. The first-order valence-electron chi connectivity index (χ1n) is 9.99. The highest BCUT2D eigenvalue weighted by Crippen LogP contribution is 2.13. The predicted octanol–water partition coefficient (Wildman–Crippen LogP) is 2.19. The smallest absolute Gasteiger partial charge is 0.191 e. The molecule has 0 bridgehead atoms. The molecule has 1 unspecified atom stereocenters. The highest BCUT2D eigenvalue weighted by molar-refractivity contribution is 5.79. The van der Waals surface area contributed by atoms with Gasteiger partial charge in [0.1, 0.15) is 0 Å². The van der Waals surface area contributed by atoms with Crippen molar-refractivity contribution in [1.29, 1.82) is 0 Å². The second-order valence-electron chi connectivity index (χ2n) is 7.58. The molecule has 1 saturated heterocycles. The van der Waals surface area contributed by atoms with Crippen molar-refractivity contribution < 1.29 is 0 Å². The van der Waals surface area contributed by atoms with Crippen molar-refractivity contribution in [3.8, 4) is 0 Å². The third-order valence-electron chi connectivity index (χ3n) is 5.42. The zero-order valence-electron chi connectivity index (χ0n) is 17.3. The number of aryl methyl sites for hydroxylation is 1. The molecule has 1 aromatic carbocycles. The molecule has 1 fully saturated rings. The van der Waals surface area contributed by atoms with Gasteiger partial charge in [-0.15, -0.1) is 0 Å². The fourth-order valence-electron chi connectivity index (χ4n) is 3.62. The van der Waals surface area contributed by atoms with E-state index in [9.17, 15) is 0 Å². The van der Waals surface area contributed by atoms with E-state index in [0.29, 0.717) is 12.0 Å². The first-order chi connectivity index (χ1) is 12.5. The Morgan fingerprint density at radius 2 is 1.73 bits per heavy atom. The number of guanidine groups is 1. The van der Waals surface area contributed by atoms with Gasteiger partial charge in [-0.2, -0.15) is 0 Å². The first kappa shape index (κ1) is 20.7. The van der Waals surface area contributed by atoms with Crippen molar-refractivity contribution in [2.75, 3.05) is 46.8 Å². The van der Waals surface area contributed by atoms with Crippen LogP contribution in [-0.2, 0) is 13.0 Å². The monoisotopic (exact) mass is 359 g/mol. The Hall–Kier alpha value is -1.59. The minimum absolute atomic E-state index is 0.533. The van der Waals surface area contributed by atoms with E-state index in [-0.39, 0.29) is 0 Å². The van der Waals surface area contributed by atoms with Gasteiger partial charge in [0.05, 0.1) is 0 Å². The van der Waals surface area contributed by atoms with E-state index in [1.807, 2.05) is 7.05 Å². The number of benzene rings is 1. The number of likely N-dealkylation sites (N-methyl/N-ethyl adjacent to an activating group) is 1. The van der Waals surface area contributed by atoms with Gasteiger partial charge < -0.3 is 15.5 Å². The number of nitrogens with zero attached hydrogens (tertiary/aromatic N) is 3. The molecule has 0 aliphatic carbocycles. The average Bonchev–Trinajstić information content (AvgIpc) is 2.65. The SMILES string of the molecule is CCc1ccccc1CNC(=NC)NCC(C(C)C)N1CCN(C)CC1. The number of hydrogen-bond acceptors (Lipinski definition) is 3. The van der Waals surface area contributed by atoms with Gasteiger partial charge in [-0.25, -0.2) is 0 Å². The summed E-state index contributed by atoms with van der Waals surface area (Å²) >= 11 is 0. The summed E-state index contributed by atoms with van der Waals surface area (Å²) in [6.07, 6.45) is 1.06. The minimum Gasteiger partial charge on any atom is -0.355 e. The van der Waals surface area contributed by atoms with Crippen molar-refractivity contribution in [3.05, 3.63) is 35.4 Å². The van der Waals surface area contributed by atoms with Crippen LogP contribution in [0.15, 0.2) is 29.3 Å². The maximum absolute atomic E-state index is 4.41. The van der Waals surface area contributed by atoms with E-state index in [4.69, 9.17) is 0 Å². The molecule has 0 saturated carbocycles. The summed E-state index contributed by atoms with van der Waals surface area (Å²) in [6, 6.07) is 9.15. The molecule has 26 heavy (non-hydrogen) atoms. The maximum atomic E-state index is 4.41. The highest BCUT2D eigenvalue weighted by Gasteiger charge is 2.25. The van der Waals surface area contributed by atoms with Crippen LogP contribution in [0, 0.1) is 5.92 Å². The Balaban J connectivity index is 1.88. The largest absolute Gasteiger partial charge is 0.355 e. The van der Waals surface area contributed by atoms with Crippen LogP contribution < -0.4 is 10.6 Å². The number of nitrogens with one attached hydrogen (secondary N) is 2. The van der Waals surface area contributed by atoms with Crippen LogP contribution >= 0.6 is 0 Å². The number of rotatable bonds is 7. The average molecular weight is 360 g/mol. The van der Waals surface area contributed by atoms with E-state index >= 15 is 0 Å². The van der Waals surface area contributed by atoms with Crippen LogP contribution in [0.2, 0.25) is 0 Å². The van der Waals surface area contributed by atoms with Crippen LogP contribution in [-0.4, -0.2) is 68.6 Å². The van der Waals surface area contributed by atoms with Gasteiger partial charge in [0, 0.05) is 52.4 Å². The molecule has 0 aromatic heterocycles. The van der Waals surface area contributed by atoms with Crippen molar-refractivity contribution in [2.24, 2.45) is 10.9 Å². The molecule has 1 heterocycles. The summed E-state index contributed by atoms with van der Waals surface area (Å²) in [6.45, 7) is 13.2. The fourth-order valence-corrected chi connectivity index (χ4v) is 3.62. The summed E-state index contributed by atoms with van der Waals surface area (Å²) in [5, 5.41) is 7.03. The lowest BCUT2D eigenvalue weighted by atomic mass is 10.0. The predicted molar refractivity (Wildman–Crippen MR) is 112 cm³/mol. The van der Waals surface area contributed by atoms with Crippen LogP contribution in [0.5, 0.6) is 0 Å². The molecule has 2 rings (SSSR count). The van der Waals surface area contributed by atoms with E-state index < -0.39 is 0 Å². The summed E-state index contributed by atoms with van der Waals surface area (Å²) in [5.41, 5.74) is 2.74. The Kier molecular flexibility index (Phi) is 8.39. The molecule has 1 aliphatic rings. The van der Waals surface area contributed by atoms with Gasteiger partial charge in [-0.3, -0.25) is 9.89 Å². The van der Waals surface area contributed by atoms with Crippen LogP contribution in [0.1, 0.15) is 31.9 Å². The summed E-state index contributed by atoms with van der Waals surface area (Å²) in [5.74, 6) is 1.50. The van der Waals surface area contributed by atoms with Gasteiger partial charge in [0.2, 0.25) is 0 Å². The quantitative estimate of drug-likeness (QED) is 0.578. The van der Waals surface area contributed by atoms with Gasteiger partial charge in [0.25, 0.3) is 0 Å². The van der Waals surface area contributed by atoms with Crippen molar-refractivity contribution in [1.82, 2.24) is 20.4 Å². The molecule has 5 heteroatoms. The van der Waals surface area contributed by atoms with Crippen molar-refractivity contribution in [2.45, 2.75) is 39.8 Å². The first-order valence-corrected chi connectivity index (χ1v) is 9.99. The van der Waals surface area contributed by atoms with E-state index in [2.05, 4.69) is 77.5 Å². The number of hydrogen-bond donors (Lipinski definition) is 2. The molecule has 1 atom stereocenters. The van der Waals surface area contributed by atoms with E-state index in [1.54, 1.807) is 0 Å². The third-order valence-corrected chi connectivity index (χ3v) is 5.42. The summed E-state index contributed by atoms with van der Waals surface area (Å²) in [4.78, 5) is 9.45. The lowest BCUT2D eigenvalue weighted by Crippen LogP contribution is -2.55. The van der Waals surface area contributed by atoms with Gasteiger partial charge >= 0.3 is 0 Å². The van der Waals surface area contributed by atoms with E-state index in [0.717, 1.165) is 51.6 Å². The lowest BCUT2D eigenvalue weighted by Gasteiger charge is -2.40. The fraction of sp³-hybridized carbons (Fsp3) is 0.667. The number of piperazine rings is 1. The normalized spacial score (nSPS) is 18.2. The lowest BCUT2D eigenvalue weighted by molar-refractivity contribution is 0.0900. The Morgan fingerprint density at radius 3 is 2.31 bits per heavy atom. The zero-order valence-corrected chi connectivity index (χ0v) is 17.3. The molecule has 1 aliphatic heterocycles. The van der Waals surface area contributed by atoms with Gasteiger partial charge in [-0.05, 0) is 30.5 Å². The Bertz CT molecular complexity index is 561. The van der Waals surface area contributed by atoms with E-state index in [1.165, 1.54) is 11.1 Å². The summed E-state index contributed by atoms with van der Waals surface area (Å²) in [7, 11) is 4.06. The molecular formula is C21H37N5. The Labute approximate surface area is 159 Å². The van der Waals surface area contributed by atoms with Gasteiger partial charge in [0.15, 0.2) is 5.96 Å². The van der Waals surface area contributed by atoms with Crippen LogP contribution in [0.4, 0.5) is 0 Å². The second-order valence-corrected chi connectivity index (χ2v) is 7.58. The molecule has 1 aromatic rings. The van der Waals surface area contributed by atoms with Crippen LogP contribution in [0.3, 0.4) is 0 Å². The Morgan fingerprint density at radius 1 is 1.08 bits per heavy atom. The zero-order chi connectivity index (χ0) is 18.9. The van der Waals surface area contributed by atoms with Gasteiger partial charge in [-0.1, -0.05) is 45.0 Å². The molecule has 0 radical (unpaired) electrons. The standard InChI is InChI=1S/C21H37N5/c1-6-18-9-7-8-10-19(18)15-23-21(22-4)24-16-20(17(2)3)26-13-11-25(5)12-14-26/h7-10,17,20H,6,11-16H2,1-5H3,(H2,22,23,24).